The number of ether oxygens (including phenoxy) is 2. The first-order valence-electron chi connectivity index (χ1n) is 10.8. The Bertz CT molecular complexity index is 677. The van der Waals surface area contributed by atoms with Crippen molar-refractivity contribution in [3.8, 4) is 5.88 Å². The standard InChI is InChI=1S/C22H37N5O3/c1-6-13-29-19-12-7-16(14-24-19)15-25-20(23-5)26-17-8-10-18(11-9-17)27-21(28)30-22(2,3)4/h7,12,14,17-18H,6,8-11,13,15H2,1-5H3,(H,27,28)(H2,23,25,26). The van der Waals surface area contributed by atoms with E-state index in [9.17, 15) is 4.79 Å². The molecule has 1 fully saturated rings. The van der Waals surface area contributed by atoms with Gasteiger partial charge in [0.15, 0.2) is 5.96 Å². The fraction of sp³-hybridized carbons (Fsp3) is 0.682. The lowest BCUT2D eigenvalue weighted by Crippen LogP contribution is -2.47. The highest BCUT2D eigenvalue weighted by atomic mass is 16.6. The summed E-state index contributed by atoms with van der Waals surface area (Å²) in [6.07, 6.45) is 6.20. The van der Waals surface area contributed by atoms with Crippen molar-refractivity contribution in [1.29, 1.82) is 0 Å². The topological polar surface area (TPSA) is 96.9 Å². The summed E-state index contributed by atoms with van der Waals surface area (Å²) in [4.78, 5) is 20.6. The van der Waals surface area contributed by atoms with E-state index in [0.717, 1.165) is 43.6 Å². The highest BCUT2D eigenvalue weighted by molar-refractivity contribution is 5.80. The van der Waals surface area contributed by atoms with Crippen molar-refractivity contribution in [3.05, 3.63) is 23.9 Å². The lowest BCUT2D eigenvalue weighted by Gasteiger charge is -2.31. The number of guanidine groups is 1. The Morgan fingerprint density at radius 1 is 1.17 bits per heavy atom. The van der Waals surface area contributed by atoms with Gasteiger partial charge in [-0.15, -0.1) is 0 Å². The van der Waals surface area contributed by atoms with Gasteiger partial charge in [0.2, 0.25) is 5.88 Å². The molecule has 0 aromatic carbocycles. The van der Waals surface area contributed by atoms with Crippen LogP contribution in [0.1, 0.15) is 65.4 Å². The van der Waals surface area contributed by atoms with Gasteiger partial charge in [-0.25, -0.2) is 9.78 Å². The zero-order chi connectivity index (χ0) is 22.0. The summed E-state index contributed by atoms with van der Waals surface area (Å²) >= 11 is 0. The molecule has 168 valence electrons. The number of rotatable bonds is 7. The van der Waals surface area contributed by atoms with Crippen LogP contribution in [-0.4, -0.2) is 48.4 Å². The molecule has 1 aliphatic rings. The number of carbonyl (C=O) groups is 1. The first-order chi connectivity index (χ1) is 14.3. The zero-order valence-electron chi connectivity index (χ0n) is 19.0. The second-order valence-corrected chi connectivity index (χ2v) is 8.62. The van der Waals surface area contributed by atoms with Crippen LogP contribution in [0.2, 0.25) is 0 Å². The summed E-state index contributed by atoms with van der Waals surface area (Å²) in [5.41, 5.74) is 0.589. The van der Waals surface area contributed by atoms with Gasteiger partial charge in [-0.05, 0) is 58.4 Å². The summed E-state index contributed by atoms with van der Waals surface area (Å²) in [6, 6.07) is 4.39. The molecule has 2 rings (SSSR count). The van der Waals surface area contributed by atoms with Crippen LogP contribution in [0.3, 0.4) is 0 Å². The number of aliphatic imine (C=N–C) groups is 1. The van der Waals surface area contributed by atoms with Crippen LogP contribution in [0, 0.1) is 0 Å². The molecule has 1 heterocycles. The number of aromatic nitrogens is 1. The number of pyridine rings is 1. The second-order valence-electron chi connectivity index (χ2n) is 8.62. The van der Waals surface area contributed by atoms with Crippen LogP contribution in [0.25, 0.3) is 0 Å². The van der Waals surface area contributed by atoms with Gasteiger partial charge >= 0.3 is 6.09 Å². The average molecular weight is 420 g/mol. The predicted molar refractivity (Wildman–Crippen MR) is 119 cm³/mol. The van der Waals surface area contributed by atoms with E-state index in [0.29, 0.717) is 25.1 Å². The number of hydrogen-bond donors (Lipinski definition) is 3. The summed E-state index contributed by atoms with van der Waals surface area (Å²) in [5.74, 6) is 1.42. The number of nitrogens with zero attached hydrogens (tertiary/aromatic N) is 2. The van der Waals surface area contributed by atoms with Gasteiger partial charge in [0.25, 0.3) is 0 Å². The zero-order valence-corrected chi connectivity index (χ0v) is 19.0. The molecule has 8 heteroatoms. The summed E-state index contributed by atoms with van der Waals surface area (Å²) in [6.45, 7) is 9.00. The maximum atomic E-state index is 11.9. The normalized spacial score (nSPS) is 19.7. The van der Waals surface area contributed by atoms with E-state index in [2.05, 4.69) is 32.9 Å². The highest BCUT2D eigenvalue weighted by Gasteiger charge is 2.25. The molecule has 0 unspecified atom stereocenters. The second kappa shape index (κ2) is 11.6. The van der Waals surface area contributed by atoms with Crippen LogP contribution >= 0.6 is 0 Å². The van der Waals surface area contributed by atoms with Crippen molar-refractivity contribution in [2.45, 2.75) is 84.0 Å². The number of carbonyl (C=O) groups excluding carboxylic acids is 1. The van der Waals surface area contributed by atoms with Gasteiger partial charge < -0.3 is 25.4 Å². The number of amides is 1. The minimum atomic E-state index is -0.473. The van der Waals surface area contributed by atoms with Crippen molar-refractivity contribution in [2.75, 3.05) is 13.7 Å². The minimum Gasteiger partial charge on any atom is -0.478 e. The fourth-order valence-corrected chi connectivity index (χ4v) is 3.24. The summed E-state index contributed by atoms with van der Waals surface area (Å²) in [5, 5.41) is 9.79. The van der Waals surface area contributed by atoms with Crippen molar-refractivity contribution < 1.29 is 14.3 Å². The molecule has 1 amide bonds. The van der Waals surface area contributed by atoms with E-state index in [4.69, 9.17) is 9.47 Å². The van der Waals surface area contributed by atoms with E-state index in [1.54, 1.807) is 7.05 Å². The molecule has 3 N–H and O–H groups in total. The molecule has 1 aliphatic carbocycles. The van der Waals surface area contributed by atoms with E-state index >= 15 is 0 Å². The fourth-order valence-electron chi connectivity index (χ4n) is 3.24. The van der Waals surface area contributed by atoms with Gasteiger partial charge in [-0.1, -0.05) is 13.0 Å². The number of hydrogen-bond acceptors (Lipinski definition) is 5. The van der Waals surface area contributed by atoms with Crippen LogP contribution in [-0.2, 0) is 11.3 Å². The van der Waals surface area contributed by atoms with Crippen molar-refractivity contribution in [3.63, 3.8) is 0 Å². The number of nitrogens with one attached hydrogen (secondary N) is 3. The van der Waals surface area contributed by atoms with Crippen molar-refractivity contribution >= 4 is 12.1 Å². The van der Waals surface area contributed by atoms with Gasteiger partial charge in [0.05, 0.1) is 6.61 Å². The Morgan fingerprint density at radius 2 is 1.83 bits per heavy atom. The number of alkyl carbamates (subject to hydrolysis) is 1. The molecule has 0 spiro atoms. The smallest absolute Gasteiger partial charge is 0.407 e. The SMILES string of the molecule is CCCOc1ccc(CNC(=NC)NC2CCC(NC(=O)OC(C)(C)C)CC2)cn1. The monoisotopic (exact) mass is 419 g/mol. The first kappa shape index (κ1) is 23.8. The lowest BCUT2D eigenvalue weighted by molar-refractivity contribution is 0.0490. The van der Waals surface area contributed by atoms with Crippen LogP contribution in [0.5, 0.6) is 5.88 Å². The quantitative estimate of drug-likeness (QED) is 0.463. The Kier molecular flexibility index (Phi) is 9.20. The molecule has 1 saturated carbocycles. The van der Waals surface area contributed by atoms with Crippen molar-refractivity contribution in [2.24, 2.45) is 4.99 Å². The summed E-state index contributed by atoms with van der Waals surface area (Å²) < 4.78 is 10.9. The van der Waals surface area contributed by atoms with E-state index < -0.39 is 5.60 Å². The van der Waals surface area contributed by atoms with Gasteiger partial charge in [-0.2, -0.15) is 0 Å². The third-order valence-electron chi connectivity index (χ3n) is 4.72. The minimum absolute atomic E-state index is 0.160. The average Bonchev–Trinajstić information content (AvgIpc) is 2.70. The Labute approximate surface area is 180 Å². The molecule has 0 radical (unpaired) electrons. The molecular formula is C22H37N5O3. The van der Waals surface area contributed by atoms with Crippen LogP contribution < -0.4 is 20.7 Å². The van der Waals surface area contributed by atoms with Crippen LogP contribution in [0.15, 0.2) is 23.3 Å². The predicted octanol–water partition coefficient (Wildman–Crippen LogP) is 3.37. The van der Waals surface area contributed by atoms with E-state index in [1.165, 1.54) is 0 Å². The van der Waals surface area contributed by atoms with E-state index in [-0.39, 0.29) is 12.1 Å². The molecule has 0 bridgehead atoms. The Morgan fingerprint density at radius 3 is 2.37 bits per heavy atom. The van der Waals surface area contributed by atoms with E-state index in [1.807, 2.05) is 39.1 Å². The van der Waals surface area contributed by atoms with Crippen molar-refractivity contribution in [1.82, 2.24) is 20.9 Å². The maximum Gasteiger partial charge on any atom is 0.407 e. The Hall–Kier alpha value is -2.51. The highest BCUT2D eigenvalue weighted by Crippen LogP contribution is 2.19. The molecule has 1 aromatic heterocycles. The maximum absolute atomic E-state index is 11.9. The van der Waals surface area contributed by atoms with Gasteiger partial charge in [-0.3, -0.25) is 4.99 Å². The largest absolute Gasteiger partial charge is 0.478 e. The Balaban J connectivity index is 1.71. The van der Waals surface area contributed by atoms with Gasteiger partial charge in [0, 0.05) is 37.9 Å². The third kappa shape index (κ3) is 8.88. The first-order valence-corrected chi connectivity index (χ1v) is 10.8. The summed E-state index contributed by atoms with van der Waals surface area (Å²) in [7, 11) is 1.77. The molecule has 0 atom stereocenters. The molecule has 0 saturated heterocycles. The molecule has 8 nitrogen and oxygen atoms in total. The lowest BCUT2D eigenvalue weighted by atomic mass is 9.91. The molecular weight excluding hydrogens is 382 g/mol. The molecule has 1 aromatic rings. The van der Waals surface area contributed by atoms with Gasteiger partial charge in [0.1, 0.15) is 5.60 Å². The molecule has 0 aliphatic heterocycles. The third-order valence-corrected chi connectivity index (χ3v) is 4.72. The van der Waals surface area contributed by atoms with Crippen LogP contribution in [0.4, 0.5) is 4.79 Å². The molecule has 30 heavy (non-hydrogen) atoms.